The van der Waals surface area contributed by atoms with Crippen molar-refractivity contribution in [3.05, 3.63) is 47.1 Å². The summed E-state index contributed by atoms with van der Waals surface area (Å²) in [5, 5.41) is 2.62. The van der Waals surface area contributed by atoms with Crippen molar-refractivity contribution in [2.75, 3.05) is 0 Å². The van der Waals surface area contributed by atoms with Crippen LogP contribution in [0.2, 0.25) is 0 Å². The zero-order chi connectivity index (χ0) is 11.5. The molecule has 0 spiro atoms. The maximum Gasteiger partial charge on any atom is 0.247 e. The molecular formula is C10H7FN3O2+. The van der Waals surface area contributed by atoms with Crippen molar-refractivity contribution in [1.82, 2.24) is 4.98 Å². The van der Waals surface area contributed by atoms with Crippen LogP contribution < -0.4 is 4.57 Å². The number of aromatic nitrogens is 2. The van der Waals surface area contributed by atoms with E-state index >= 15 is 0 Å². The van der Waals surface area contributed by atoms with Gasteiger partial charge in [-0.1, -0.05) is 0 Å². The Labute approximate surface area is 89.5 Å². The summed E-state index contributed by atoms with van der Waals surface area (Å²) in [6.07, 6.45) is 3.51. The van der Waals surface area contributed by atoms with E-state index in [9.17, 15) is 14.1 Å². The number of nitroso groups, excluding NO2 is 1. The van der Waals surface area contributed by atoms with E-state index < -0.39 is 5.82 Å². The first kappa shape index (κ1) is 10.2. The van der Waals surface area contributed by atoms with Gasteiger partial charge in [0.1, 0.15) is 11.9 Å². The molecule has 1 heterocycles. The fourth-order valence-corrected chi connectivity index (χ4v) is 1.33. The van der Waals surface area contributed by atoms with Gasteiger partial charge in [0, 0.05) is 6.07 Å². The number of H-pyrrole nitrogens is 1. The molecule has 0 aliphatic heterocycles. The number of hydrogen-bond acceptors (Lipinski definition) is 3. The first-order valence-corrected chi connectivity index (χ1v) is 4.42. The first-order valence-electron chi connectivity index (χ1n) is 4.42. The van der Waals surface area contributed by atoms with Crippen molar-refractivity contribution in [3.63, 3.8) is 0 Å². The summed E-state index contributed by atoms with van der Waals surface area (Å²) in [5.74, 6) is -0.585. The molecule has 0 fully saturated rings. The number of benzene rings is 1. The van der Waals surface area contributed by atoms with Crippen LogP contribution >= 0.6 is 0 Å². The molecule has 6 heteroatoms. The van der Waals surface area contributed by atoms with E-state index in [1.54, 1.807) is 0 Å². The molecule has 0 bridgehead atoms. The highest BCUT2D eigenvalue weighted by molar-refractivity contribution is 5.70. The Morgan fingerprint density at radius 1 is 1.44 bits per heavy atom. The Morgan fingerprint density at radius 2 is 2.25 bits per heavy atom. The highest BCUT2D eigenvalue weighted by atomic mass is 19.1. The van der Waals surface area contributed by atoms with Crippen LogP contribution in [0.4, 0.5) is 10.1 Å². The lowest BCUT2D eigenvalue weighted by Gasteiger charge is -1.97. The monoisotopic (exact) mass is 220 g/mol. The van der Waals surface area contributed by atoms with Gasteiger partial charge in [-0.05, 0) is 17.3 Å². The smallest absolute Gasteiger partial charge is 0.247 e. The molecule has 1 N–H and O–H groups in total. The molecule has 80 valence electrons. The lowest BCUT2D eigenvalue weighted by molar-refractivity contribution is -0.596. The predicted molar refractivity (Wildman–Crippen MR) is 53.1 cm³/mol. The van der Waals surface area contributed by atoms with E-state index in [4.69, 9.17) is 0 Å². The van der Waals surface area contributed by atoms with Crippen molar-refractivity contribution in [2.24, 2.45) is 5.18 Å². The third-order valence-electron chi connectivity index (χ3n) is 2.09. The van der Waals surface area contributed by atoms with Gasteiger partial charge in [0.25, 0.3) is 0 Å². The number of nitrogens with zero attached hydrogens (tertiary/aromatic N) is 2. The molecule has 16 heavy (non-hydrogen) atoms. The summed E-state index contributed by atoms with van der Waals surface area (Å²) < 4.78 is 14.9. The fraction of sp³-hybridized carbons (Fsp3) is 0. The van der Waals surface area contributed by atoms with E-state index in [1.165, 1.54) is 29.2 Å². The predicted octanol–water partition coefficient (Wildman–Crippen LogP) is 1.64. The molecule has 1 aromatic carbocycles. The summed E-state index contributed by atoms with van der Waals surface area (Å²) in [5.41, 5.74) is 0.585. The van der Waals surface area contributed by atoms with Gasteiger partial charge in [-0.15, -0.1) is 4.91 Å². The molecule has 0 aliphatic carbocycles. The van der Waals surface area contributed by atoms with Gasteiger partial charge < -0.3 is 0 Å². The third-order valence-corrected chi connectivity index (χ3v) is 2.09. The molecule has 0 saturated carbocycles. The normalized spacial score (nSPS) is 10.1. The minimum atomic E-state index is -0.585. The maximum atomic E-state index is 13.5. The van der Waals surface area contributed by atoms with Crippen LogP contribution in [0, 0.1) is 10.7 Å². The largest absolute Gasteiger partial charge is 0.294 e. The molecule has 0 amide bonds. The van der Waals surface area contributed by atoms with Gasteiger partial charge in [0.05, 0.1) is 0 Å². The first-order chi connectivity index (χ1) is 7.74. The molecule has 2 rings (SSSR count). The molecular weight excluding hydrogens is 213 g/mol. The zero-order valence-electron chi connectivity index (χ0n) is 8.05. The summed E-state index contributed by atoms with van der Waals surface area (Å²) in [6.45, 7) is 0. The molecule has 5 nitrogen and oxygen atoms in total. The van der Waals surface area contributed by atoms with Gasteiger partial charge in [-0.3, -0.25) is 4.79 Å². The zero-order valence-corrected chi connectivity index (χ0v) is 8.05. The minimum Gasteiger partial charge on any atom is -0.294 e. The summed E-state index contributed by atoms with van der Waals surface area (Å²) in [7, 11) is 0. The molecule has 0 unspecified atom stereocenters. The van der Waals surface area contributed by atoms with Crippen LogP contribution in [-0.2, 0) is 0 Å². The van der Waals surface area contributed by atoms with E-state index in [1.807, 2.05) is 0 Å². The van der Waals surface area contributed by atoms with Gasteiger partial charge in [0.15, 0.2) is 17.8 Å². The number of imidazole rings is 1. The van der Waals surface area contributed by atoms with Gasteiger partial charge in [-0.2, -0.15) is 4.57 Å². The second-order valence-electron chi connectivity index (χ2n) is 3.11. The van der Waals surface area contributed by atoms with E-state index in [-0.39, 0.29) is 11.4 Å². The number of aldehydes is 1. The summed E-state index contributed by atoms with van der Waals surface area (Å²) in [6, 6.07) is 3.84. The van der Waals surface area contributed by atoms with Crippen LogP contribution in [0.15, 0.2) is 35.9 Å². The van der Waals surface area contributed by atoms with E-state index in [0.717, 1.165) is 6.07 Å². The van der Waals surface area contributed by atoms with Crippen LogP contribution in [0.1, 0.15) is 10.5 Å². The number of carbonyl (C=O) groups is 1. The van der Waals surface area contributed by atoms with E-state index in [2.05, 4.69) is 10.2 Å². The Bertz CT molecular complexity index is 551. The highest BCUT2D eigenvalue weighted by Gasteiger charge is 2.12. The number of halogens is 1. The number of hydrogen-bond donors (Lipinski definition) is 1. The SMILES string of the molecule is O=Cc1c[n+](-c2ccc(N=O)cc2F)c[nH]1. The Balaban J connectivity index is 2.47. The molecule has 0 atom stereocenters. The molecule has 0 saturated heterocycles. The van der Waals surface area contributed by atoms with E-state index in [0.29, 0.717) is 12.0 Å². The average molecular weight is 220 g/mol. The number of aromatic amines is 1. The van der Waals surface area contributed by atoms with Gasteiger partial charge in [0.2, 0.25) is 12.0 Å². The number of carbonyl (C=O) groups excluding carboxylic acids is 1. The Hall–Kier alpha value is -2.37. The summed E-state index contributed by atoms with van der Waals surface area (Å²) >= 11 is 0. The molecule has 0 radical (unpaired) electrons. The number of rotatable bonds is 3. The van der Waals surface area contributed by atoms with Crippen molar-refractivity contribution >= 4 is 12.0 Å². The average Bonchev–Trinajstić information content (AvgIpc) is 2.77. The Morgan fingerprint density at radius 3 is 2.81 bits per heavy atom. The minimum absolute atomic E-state index is 0.0213. The molecule has 0 aliphatic rings. The van der Waals surface area contributed by atoms with Crippen LogP contribution in [-0.4, -0.2) is 11.3 Å². The van der Waals surface area contributed by atoms with Crippen LogP contribution in [0.25, 0.3) is 5.69 Å². The molecule has 2 aromatic rings. The van der Waals surface area contributed by atoms with Crippen LogP contribution in [0.3, 0.4) is 0 Å². The third kappa shape index (κ3) is 1.72. The summed E-state index contributed by atoms with van der Waals surface area (Å²) in [4.78, 5) is 23.3. The van der Waals surface area contributed by atoms with Crippen molar-refractivity contribution in [3.8, 4) is 5.69 Å². The fourth-order valence-electron chi connectivity index (χ4n) is 1.33. The van der Waals surface area contributed by atoms with Crippen LogP contribution in [0.5, 0.6) is 0 Å². The van der Waals surface area contributed by atoms with Crippen molar-refractivity contribution < 1.29 is 13.8 Å². The van der Waals surface area contributed by atoms with Crippen molar-refractivity contribution in [1.29, 1.82) is 0 Å². The lowest BCUT2D eigenvalue weighted by Crippen LogP contribution is -2.28. The van der Waals surface area contributed by atoms with Crippen molar-refractivity contribution in [2.45, 2.75) is 0 Å². The Kier molecular flexibility index (Phi) is 2.55. The van der Waals surface area contributed by atoms with Gasteiger partial charge in [-0.25, -0.2) is 9.37 Å². The number of nitrogens with one attached hydrogen (secondary N) is 1. The lowest BCUT2D eigenvalue weighted by atomic mass is 10.2. The molecule has 1 aromatic heterocycles. The second-order valence-corrected chi connectivity index (χ2v) is 3.11. The second kappa shape index (κ2) is 4.01. The maximum absolute atomic E-state index is 13.5. The topological polar surface area (TPSA) is 66.2 Å². The quantitative estimate of drug-likeness (QED) is 0.485. The van der Waals surface area contributed by atoms with Gasteiger partial charge >= 0.3 is 0 Å². The highest BCUT2D eigenvalue weighted by Crippen LogP contribution is 2.16. The standard InChI is InChI=1S/C10H6FN3O2/c11-9-3-7(13-16)1-2-10(9)14-4-8(5-15)12-6-14/h1-6H/p+1.